The lowest BCUT2D eigenvalue weighted by Gasteiger charge is -2.24. The van der Waals surface area contributed by atoms with E-state index >= 15 is 0 Å². The van der Waals surface area contributed by atoms with Gasteiger partial charge in [0.1, 0.15) is 18.1 Å². The van der Waals surface area contributed by atoms with Crippen molar-refractivity contribution < 1.29 is 23.5 Å². The highest BCUT2D eigenvalue weighted by atomic mass is 16.5. The third-order valence-electron chi connectivity index (χ3n) is 3.95. The van der Waals surface area contributed by atoms with Crippen LogP contribution in [0.5, 0.6) is 5.75 Å². The molecule has 0 bridgehead atoms. The van der Waals surface area contributed by atoms with Gasteiger partial charge < -0.3 is 18.8 Å². The van der Waals surface area contributed by atoms with Crippen molar-refractivity contribution in [3.8, 4) is 5.75 Å². The summed E-state index contributed by atoms with van der Waals surface area (Å²) in [4.78, 5) is 25.6. The summed E-state index contributed by atoms with van der Waals surface area (Å²) in [6.07, 6.45) is 2.11. The van der Waals surface area contributed by atoms with Crippen LogP contribution in [0, 0.1) is 5.92 Å². The van der Waals surface area contributed by atoms with E-state index in [0.717, 1.165) is 11.3 Å². The summed E-state index contributed by atoms with van der Waals surface area (Å²) in [5.41, 5.74) is 0.979. The monoisotopic (exact) mass is 329 g/mol. The maximum atomic E-state index is 12.2. The number of hydrogen-bond donors (Lipinski definition) is 0. The number of likely N-dealkylation sites (N-methyl/N-ethyl adjacent to an activating group) is 1. The van der Waals surface area contributed by atoms with E-state index < -0.39 is 5.97 Å². The third kappa shape index (κ3) is 3.76. The summed E-state index contributed by atoms with van der Waals surface area (Å²) in [7, 11) is 1.64. The molecule has 1 aromatic carbocycles. The Hall–Kier alpha value is -2.76. The van der Waals surface area contributed by atoms with E-state index in [-0.39, 0.29) is 25.0 Å². The SMILES string of the molecule is CN(Cc1ccco1)C(=O)COC(=O)C1COc2ccccc2C1. The molecule has 1 atom stereocenters. The smallest absolute Gasteiger partial charge is 0.313 e. The Balaban J connectivity index is 1.48. The molecule has 1 aliphatic rings. The van der Waals surface area contributed by atoms with Crippen molar-refractivity contribution in [1.29, 1.82) is 0 Å². The normalized spacial score (nSPS) is 16.0. The number of carbonyl (C=O) groups is 2. The molecule has 0 aliphatic carbocycles. The molecular formula is C18H19NO5. The van der Waals surface area contributed by atoms with Gasteiger partial charge >= 0.3 is 5.97 Å². The number of para-hydroxylation sites is 1. The van der Waals surface area contributed by atoms with Gasteiger partial charge in [-0.15, -0.1) is 0 Å². The molecule has 126 valence electrons. The Morgan fingerprint density at radius 2 is 2.08 bits per heavy atom. The first-order valence-electron chi connectivity index (χ1n) is 7.77. The molecule has 24 heavy (non-hydrogen) atoms. The second kappa shape index (κ2) is 7.21. The lowest BCUT2D eigenvalue weighted by atomic mass is 9.97. The Morgan fingerprint density at radius 3 is 2.88 bits per heavy atom. The van der Waals surface area contributed by atoms with Crippen LogP contribution in [-0.4, -0.2) is 37.0 Å². The maximum absolute atomic E-state index is 12.2. The van der Waals surface area contributed by atoms with E-state index in [0.29, 0.717) is 18.7 Å². The molecule has 1 aromatic heterocycles. The van der Waals surface area contributed by atoms with Crippen molar-refractivity contribution >= 4 is 11.9 Å². The van der Waals surface area contributed by atoms with Crippen molar-refractivity contribution in [1.82, 2.24) is 4.90 Å². The zero-order valence-electron chi connectivity index (χ0n) is 13.4. The Morgan fingerprint density at radius 1 is 1.25 bits per heavy atom. The van der Waals surface area contributed by atoms with Crippen LogP contribution in [-0.2, 0) is 27.3 Å². The quantitative estimate of drug-likeness (QED) is 0.785. The molecule has 6 heteroatoms. The lowest BCUT2D eigenvalue weighted by molar-refractivity contribution is -0.156. The standard InChI is InChI=1S/C18H19NO5/c1-19(10-15-6-4-8-22-15)17(20)12-24-18(21)14-9-13-5-2-3-7-16(13)23-11-14/h2-8,14H,9-12H2,1H3. The van der Waals surface area contributed by atoms with Gasteiger partial charge in [-0.25, -0.2) is 0 Å². The Labute approximate surface area is 140 Å². The molecule has 0 fully saturated rings. The van der Waals surface area contributed by atoms with E-state index in [9.17, 15) is 9.59 Å². The predicted molar refractivity (Wildman–Crippen MR) is 85.3 cm³/mol. The van der Waals surface area contributed by atoms with Crippen LogP contribution >= 0.6 is 0 Å². The van der Waals surface area contributed by atoms with Crippen LogP contribution < -0.4 is 4.74 Å². The number of benzene rings is 1. The second-order valence-electron chi connectivity index (χ2n) is 5.76. The molecule has 0 spiro atoms. The maximum Gasteiger partial charge on any atom is 0.313 e. The number of carbonyl (C=O) groups excluding carboxylic acids is 2. The largest absolute Gasteiger partial charge is 0.492 e. The topological polar surface area (TPSA) is 69.0 Å². The van der Waals surface area contributed by atoms with Gasteiger partial charge in [-0.2, -0.15) is 0 Å². The summed E-state index contributed by atoms with van der Waals surface area (Å²) in [6, 6.07) is 11.1. The van der Waals surface area contributed by atoms with Crippen molar-refractivity contribution in [2.24, 2.45) is 5.92 Å². The number of esters is 1. The molecule has 2 aromatic rings. The van der Waals surface area contributed by atoms with Crippen molar-refractivity contribution in [3.63, 3.8) is 0 Å². The van der Waals surface area contributed by atoms with Gasteiger partial charge in [0.05, 0.1) is 18.7 Å². The Bertz CT molecular complexity index is 710. The highest BCUT2D eigenvalue weighted by Crippen LogP contribution is 2.27. The summed E-state index contributed by atoms with van der Waals surface area (Å²) >= 11 is 0. The zero-order valence-corrected chi connectivity index (χ0v) is 13.4. The Kier molecular flexibility index (Phi) is 4.84. The number of amides is 1. The predicted octanol–water partition coefficient (Wildman–Crippen LogP) is 2.03. The highest BCUT2D eigenvalue weighted by Gasteiger charge is 2.27. The fraction of sp³-hybridized carbons (Fsp3) is 0.333. The van der Waals surface area contributed by atoms with Gasteiger partial charge in [-0.1, -0.05) is 18.2 Å². The first-order valence-corrected chi connectivity index (χ1v) is 7.77. The van der Waals surface area contributed by atoms with Crippen LogP contribution in [0.1, 0.15) is 11.3 Å². The third-order valence-corrected chi connectivity index (χ3v) is 3.95. The summed E-state index contributed by atoms with van der Waals surface area (Å²) in [5, 5.41) is 0. The van der Waals surface area contributed by atoms with Gasteiger partial charge in [0.15, 0.2) is 6.61 Å². The second-order valence-corrected chi connectivity index (χ2v) is 5.76. The molecular weight excluding hydrogens is 310 g/mol. The number of hydrogen-bond acceptors (Lipinski definition) is 5. The highest BCUT2D eigenvalue weighted by molar-refractivity contribution is 5.81. The molecule has 0 N–H and O–H groups in total. The van der Waals surface area contributed by atoms with Crippen molar-refractivity contribution in [3.05, 3.63) is 54.0 Å². The fourth-order valence-electron chi connectivity index (χ4n) is 2.56. The zero-order chi connectivity index (χ0) is 16.9. The molecule has 0 radical (unpaired) electrons. The van der Waals surface area contributed by atoms with Crippen LogP contribution in [0.3, 0.4) is 0 Å². The van der Waals surface area contributed by atoms with E-state index in [1.807, 2.05) is 24.3 Å². The molecule has 2 heterocycles. The first-order chi connectivity index (χ1) is 11.6. The average Bonchev–Trinajstić information content (AvgIpc) is 3.11. The number of furan rings is 1. The number of nitrogens with zero attached hydrogens (tertiary/aromatic N) is 1. The molecule has 0 saturated heterocycles. The van der Waals surface area contributed by atoms with E-state index in [1.54, 1.807) is 25.4 Å². The minimum Gasteiger partial charge on any atom is -0.492 e. The first kappa shape index (κ1) is 16.1. The number of rotatable bonds is 5. The van der Waals surface area contributed by atoms with Crippen LogP contribution in [0.15, 0.2) is 47.1 Å². The minimum atomic E-state index is -0.413. The molecule has 1 amide bonds. The van der Waals surface area contributed by atoms with Gasteiger partial charge in [0.2, 0.25) is 0 Å². The van der Waals surface area contributed by atoms with E-state index in [4.69, 9.17) is 13.9 Å². The van der Waals surface area contributed by atoms with Gasteiger partial charge in [0, 0.05) is 7.05 Å². The number of fused-ring (bicyclic) bond motifs is 1. The summed E-state index contributed by atoms with van der Waals surface area (Å²) < 4.78 is 15.9. The summed E-state index contributed by atoms with van der Waals surface area (Å²) in [6.45, 7) is 0.323. The minimum absolute atomic E-state index is 0.270. The number of ether oxygens (including phenoxy) is 2. The fourth-order valence-corrected chi connectivity index (χ4v) is 2.56. The average molecular weight is 329 g/mol. The van der Waals surface area contributed by atoms with Gasteiger partial charge in [-0.05, 0) is 30.2 Å². The van der Waals surface area contributed by atoms with Gasteiger partial charge in [0.25, 0.3) is 5.91 Å². The van der Waals surface area contributed by atoms with E-state index in [1.165, 1.54) is 4.90 Å². The molecule has 6 nitrogen and oxygen atoms in total. The van der Waals surface area contributed by atoms with Crippen LogP contribution in [0.4, 0.5) is 0 Å². The van der Waals surface area contributed by atoms with Crippen LogP contribution in [0.25, 0.3) is 0 Å². The van der Waals surface area contributed by atoms with Crippen LogP contribution in [0.2, 0.25) is 0 Å². The van der Waals surface area contributed by atoms with E-state index in [2.05, 4.69) is 0 Å². The van der Waals surface area contributed by atoms with Crippen molar-refractivity contribution in [2.45, 2.75) is 13.0 Å². The molecule has 0 saturated carbocycles. The van der Waals surface area contributed by atoms with Crippen molar-refractivity contribution in [2.75, 3.05) is 20.3 Å². The molecule has 3 rings (SSSR count). The summed E-state index contributed by atoms with van der Waals surface area (Å²) in [5.74, 6) is 0.398. The van der Waals surface area contributed by atoms with Gasteiger partial charge in [-0.3, -0.25) is 9.59 Å². The lowest BCUT2D eigenvalue weighted by Crippen LogP contribution is -2.34. The molecule has 1 aliphatic heterocycles. The molecule has 1 unspecified atom stereocenters.